The van der Waals surface area contributed by atoms with Crippen molar-refractivity contribution in [3.8, 4) is 11.8 Å². The van der Waals surface area contributed by atoms with Gasteiger partial charge in [-0.05, 0) is 58.8 Å². The van der Waals surface area contributed by atoms with Gasteiger partial charge in [0.25, 0.3) is 5.91 Å². The van der Waals surface area contributed by atoms with E-state index in [-0.39, 0.29) is 16.9 Å². The smallest absolute Gasteiger partial charge is 0.266 e. The molecule has 0 aliphatic heterocycles. The number of halogens is 3. The predicted molar refractivity (Wildman–Crippen MR) is 99.2 cm³/mol. The lowest BCUT2D eigenvalue weighted by molar-refractivity contribution is -0.112. The molecule has 1 amide bonds. The highest BCUT2D eigenvalue weighted by atomic mass is 79.9. The van der Waals surface area contributed by atoms with Crippen LogP contribution in [0, 0.1) is 18.3 Å². The molecule has 0 heterocycles. The number of anilines is 1. The molecule has 0 saturated carbocycles. The molecule has 7 heteroatoms. The first-order valence-electron chi connectivity index (χ1n) is 6.69. The van der Waals surface area contributed by atoms with Crippen LogP contribution in [0.2, 0.25) is 10.0 Å². The highest BCUT2D eigenvalue weighted by molar-refractivity contribution is 9.10. The topological polar surface area (TPSA) is 73.1 Å². The van der Waals surface area contributed by atoms with Crippen LogP contribution >= 0.6 is 39.1 Å². The Kier molecular flexibility index (Phi) is 5.89. The van der Waals surface area contributed by atoms with E-state index >= 15 is 0 Å². The summed E-state index contributed by atoms with van der Waals surface area (Å²) in [4.78, 5) is 12.3. The molecular weight excluding hydrogens is 415 g/mol. The molecule has 122 valence electrons. The SMILES string of the molecule is Cc1c(Cl)cccc1NC(=O)/C(C#N)=C/c1cc(Cl)cc(Br)c1O. The summed E-state index contributed by atoms with van der Waals surface area (Å²) >= 11 is 15.1. The van der Waals surface area contributed by atoms with Gasteiger partial charge in [0.05, 0.1) is 4.47 Å². The predicted octanol–water partition coefficient (Wildman–Crippen LogP) is 5.32. The molecule has 0 atom stereocenters. The number of carbonyl (C=O) groups excluding carboxylic acids is 1. The van der Waals surface area contributed by atoms with E-state index in [2.05, 4.69) is 21.2 Å². The first kappa shape index (κ1) is 18.3. The van der Waals surface area contributed by atoms with Gasteiger partial charge in [0, 0.05) is 21.3 Å². The average molecular weight is 426 g/mol. The lowest BCUT2D eigenvalue weighted by Gasteiger charge is -2.09. The van der Waals surface area contributed by atoms with Gasteiger partial charge in [-0.15, -0.1) is 0 Å². The van der Waals surface area contributed by atoms with Crippen molar-refractivity contribution in [1.29, 1.82) is 5.26 Å². The average Bonchev–Trinajstić information content (AvgIpc) is 2.53. The van der Waals surface area contributed by atoms with Crippen molar-refractivity contribution in [3.63, 3.8) is 0 Å². The maximum Gasteiger partial charge on any atom is 0.266 e. The molecule has 4 nitrogen and oxygen atoms in total. The van der Waals surface area contributed by atoms with Crippen LogP contribution in [0.15, 0.2) is 40.4 Å². The molecule has 0 fully saturated rings. The van der Waals surface area contributed by atoms with E-state index < -0.39 is 5.91 Å². The van der Waals surface area contributed by atoms with Gasteiger partial charge in [0.1, 0.15) is 17.4 Å². The minimum absolute atomic E-state index is 0.112. The Morgan fingerprint density at radius 2 is 2.08 bits per heavy atom. The van der Waals surface area contributed by atoms with Crippen molar-refractivity contribution in [1.82, 2.24) is 0 Å². The maximum atomic E-state index is 12.3. The molecular formula is C17H11BrCl2N2O2. The minimum atomic E-state index is -0.613. The number of carbonyl (C=O) groups is 1. The molecule has 2 N–H and O–H groups in total. The van der Waals surface area contributed by atoms with Crippen LogP contribution in [-0.4, -0.2) is 11.0 Å². The van der Waals surface area contributed by atoms with E-state index in [0.717, 1.165) is 0 Å². The summed E-state index contributed by atoms with van der Waals surface area (Å²) in [5.74, 6) is -0.725. The fourth-order valence-electron chi connectivity index (χ4n) is 1.93. The van der Waals surface area contributed by atoms with Gasteiger partial charge in [0.2, 0.25) is 0 Å². The lowest BCUT2D eigenvalue weighted by atomic mass is 10.1. The zero-order valence-electron chi connectivity index (χ0n) is 12.4. The molecule has 0 aliphatic carbocycles. The summed E-state index contributed by atoms with van der Waals surface area (Å²) in [5, 5.41) is 22.8. The second kappa shape index (κ2) is 7.71. The normalized spacial score (nSPS) is 11.0. The molecule has 0 spiro atoms. The van der Waals surface area contributed by atoms with E-state index in [1.165, 1.54) is 18.2 Å². The molecule has 0 saturated heterocycles. The van der Waals surface area contributed by atoms with Gasteiger partial charge in [-0.2, -0.15) is 5.26 Å². The van der Waals surface area contributed by atoms with Crippen molar-refractivity contribution in [2.24, 2.45) is 0 Å². The highest BCUT2D eigenvalue weighted by Crippen LogP contribution is 2.33. The number of phenolic OH excluding ortho intramolecular Hbond substituents is 1. The lowest BCUT2D eigenvalue weighted by Crippen LogP contribution is -2.14. The monoisotopic (exact) mass is 424 g/mol. The summed E-state index contributed by atoms with van der Waals surface area (Å²) in [6.45, 7) is 1.76. The summed E-state index contributed by atoms with van der Waals surface area (Å²) in [7, 11) is 0. The van der Waals surface area contributed by atoms with Gasteiger partial charge in [0.15, 0.2) is 0 Å². The van der Waals surface area contributed by atoms with E-state index in [1.54, 1.807) is 25.1 Å². The number of nitrogens with one attached hydrogen (secondary N) is 1. The van der Waals surface area contributed by atoms with Crippen LogP contribution in [0.3, 0.4) is 0 Å². The Morgan fingerprint density at radius 1 is 1.38 bits per heavy atom. The van der Waals surface area contributed by atoms with Crippen molar-refractivity contribution in [2.75, 3.05) is 5.32 Å². The summed E-state index contributed by atoms with van der Waals surface area (Å²) in [6, 6.07) is 9.86. The first-order valence-corrected chi connectivity index (χ1v) is 8.24. The third-order valence-corrected chi connectivity index (χ3v) is 4.47. The van der Waals surface area contributed by atoms with Crippen molar-refractivity contribution in [2.45, 2.75) is 6.92 Å². The Morgan fingerprint density at radius 3 is 2.75 bits per heavy atom. The van der Waals surface area contributed by atoms with Crippen LogP contribution in [-0.2, 0) is 4.79 Å². The van der Waals surface area contributed by atoms with E-state index in [9.17, 15) is 15.2 Å². The molecule has 0 bridgehead atoms. The summed E-state index contributed by atoms with van der Waals surface area (Å²) in [6.07, 6.45) is 1.27. The molecule has 2 rings (SSSR count). The highest BCUT2D eigenvalue weighted by Gasteiger charge is 2.14. The first-order chi connectivity index (χ1) is 11.3. The number of aromatic hydroxyl groups is 1. The Bertz CT molecular complexity index is 889. The fourth-order valence-corrected chi connectivity index (χ4v) is 2.94. The summed E-state index contributed by atoms with van der Waals surface area (Å²) < 4.78 is 0.365. The summed E-state index contributed by atoms with van der Waals surface area (Å²) in [5.41, 5.74) is 1.27. The quantitative estimate of drug-likeness (QED) is 0.516. The number of nitrogens with zero attached hydrogens (tertiary/aromatic N) is 1. The van der Waals surface area contributed by atoms with Crippen LogP contribution in [0.25, 0.3) is 6.08 Å². The molecule has 0 radical (unpaired) electrons. The Hall–Kier alpha value is -2.00. The standard InChI is InChI=1S/C17H11BrCl2N2O2/c1-9-14(20)3-2-4-15(9)22-17(24)11(8-21)5-10-6-12(19)7-13(18)16(10)23/h2-7,23H,1H3,(H,22,24)/b11-5+. The van der Waals surface area contributed by atoms with Crippen LogP contribution in [0.1, 0.15) is 11.1 Å². The number of rotatable bonds is 3. The number of phenols is 1. The van der Waals surface area contributed by atoms with Crippen molar-refractivity contribution < 1.29 is 9.90 Å². The van der Waals surface area contributed by atoms with E-state index in [4.69, 9.17) is 23.2 Å². The Labute approximate surface area is 157 Å². The van der Waals surface area contributed by atoms with Gasteiger partial charge in [-0.25, -0.2) is 0 Å². The molecule has 0 unspecified atom stereocenters. The second-order valence-corrected chi connectivity index (χ2v) is 6.56. The number of hydrogen-bond donors (Lipinski definition) is 2. The maximum absolute atomic E-state index is 12.3. The molecule has 0 aliphatic rings. The van der Waals surface area contributed by atoms with Crippen LogP contribution in [0.4, 0.5) is 5.69 Å². The zero-order chi connectivity index (χ0) is 17.9. The third kappa shape index (κ3) is 4.09. The molecule has 2 aromatic carbocycles. The van der Waals surface area contributed by atoms with Crippen LogP contribution < -0.4 is 5.32 Å². The number of benzene rings is 2. The van der Waals surface area contributed by atoms with E-state index in [1.807, 2.05) is 6.07 Å². The van der Waals surface area contributed by atoms with Gasteiger partial charge in [-0.3, -0.25) is 4.79 Å². The zero-order valence-corrected chi connectivity index (χ0v) is 15.5. The van der Waals surface area contributed by atoms with Crippen molar-refractivity contribution in [3.05, 3.63) is 61.5 Å². The van der Waals surface area contributed by atoms with Gasteiger partial charge >= 0.3 is 0 Å². The molecule has 2 aromatic rings. The van der Waals surface area contributed by atoms with Crippen molar-refractivity contribution >= 4 is 56.8 Å². The fraction of sp³-hybridized carbons (Fsp3) is 0.0588. The molecule has 0 aromatic heterocycles. The molecule has 24 heavy (non-hydrogen) atoms. The Balaban J connectivity index is 2.37. The van der Waals surface area contributed by atoms with Crippen LogP contribution in [0.5, 0.6) is 5.75 Å². The third-order valence-electron chi connectivity index (χ3n) is 3.24. The van der Waals surface area contributed by atoms with E-state index in [0.29, 0.717) is 25.8 Å². The largest absolute Gasteiger partial charge is 0.506 e. The number of hydrogen-bond acceptors (Lipinski definition) is 3. The minimum Gasteiger partial charge on any atom is -0.506 e. The number of amides is 1. The van der Waals surface area contributed by atoms with Gasteiger partial charge in [-0.1, -0.05) is 29.3 Å². The second-order valence-electron chi connectivity index (χ2n) is 4.86. The number of nitriles is 1. The van der Waals surface area contributed by atoms with Gasteiger partial charge < -0.3 is 10.4 Å².